The van der Waals surface area contributed by atoms with Gasteiger partial charge in [-0.05, 0) is 54.2 Å². The van der Waals surface area contributed by atoms with Gasteiger partial charge in [-0.3, -0.25) is 9.78 Å². The van der Waals surface area contributed by atoms with Crippen molar-refractivity contribution in [2.75, 3.05) is 13.1 Å². The minimum atomic E-state index is -3.43. The third kappa shape index (κ3) is 3.65. The van der Waals surface area contributed by atoms with Crippen molar-refractivity contribution < 1.29 is 13.2 Å². The number of aromatic nitrogens is 1. The second-order valence-corrected chi connectivity index (χ2v) is 10.4. The van der Waals surface area contributed by atoms with Gasteiger partial charge in [0.1, 0.15) is 0 Å². The number of rotatable bonds is 1. The molecule has 0 spiro atoms. The summed E-state index contributed by atoms with van der Waals surface area (Å²) in [5.41, 5.74) is 6.38. The molecule has 0 unspecified atom stereocenters. The third-order valence-corrected chi connectivity index (χ3v) is 7.97. The molecule has 0 aliphatic carbocycles. The molecule has 2 aliphatic rings. The number of pyridine rings is 1. The maximum absolute atomic E-state index is 13.1. The summed E-state index contributed by atoms with van der Waals surface area (Å²) in [6, 6.07) is 16.9. The van der Waals surface area contributed by atoms with Gasteiger partial charge in [0.25, 0.3) is 5.91 Å². The van der Waals surface area contributed by atoms with Gasteiger partial charge in [0.2, 0.25) is 0 Å². The standard InChI is InChI=1S/C26H24N2O3S/c1-18-14-21(16-27-15-18)26(29)28-12-10-19(11-13-28)25-22-7-3-2-6-20(22)17-32(30,31)24-9-5-4-8-23(24)25/h2-9,14-16H,10-13,17H2,1H3. The molecule has 0 atom stereocenters. The molecule has 0 radical (unpaired) electrons. The molecule has 3 heterocycles. The maximum atomic E-state index is 13.1. The summed E-state index contributed by atoms with van der Waals surface area (Å²) in [6.45, 7) is 3.13. The first-order valence-electron chi connectivity index (χ1n) is 10.8. The topological polar surface area (TPSA) is 67.3 Å². The number of benzene rings is 2. The van der Waals surface area contributed by atoms with Gasteiger partial charge < -0.3 is 4.90 Å². The molecule has 5 nitrogen and oxygen atoms in total. The number of hydrogen-bond acceptors (Lipinski definition) is 4. The van der Waals surface area contributed by atoms with E-state index in [2.05, 4.69) is 4.98 Å². The lowest BCUT2D eigenvalue weighted by Crippen LogP contribution is -2.36. The van der Waals surface area contributed by atoms with E-state index in [4.69, 9.17) is 0 Å². The van der Waals surface area contributed by atoms with Crippen LogP contribution in [0.25, 0.3) is 5.57 Å². The van der Waals surface area contributed by atoms with Crippen LogP contribution in [0.1, 0.15) is 45.5 Å². The van der Waals surface area contributed by atoms with Crippen LogP contribution in [0.2, 0.25) is 0 Å². The van der Waals surface area contributed by atoms with E-state index in [1.165, 1.54) is 5.57 Å². The summed E-state index contributed by atoms with van der Waals surface area (Å²) < 4.78 is 26.3. The van der Waals surface area contributed by atoms with Crippen molar-refractivity contribution in [1.82, 2.24) is 9.88 Å². The Morgan fingerprint density at radius 2 is 1.62 bits per heavy atom. The minimum absolute atomic E-state index is 0.00192. The van der Waals surface area contributed by atoms with Gasteiger partial charge in [-0.1, -0.05) is 48.0 Å². The zero-order chi connectivity index (χ0) is 22.3. The van der Waals surface area contributed by atoms with E-state index in [0.29, 0.717) is 36.4 Å². The number of carbonyl (C=O) groups excluding carboxylic acids is 1. The number of amides is 1. The number of sulfone groups is 1. The normalized spacial score (nSPS) is 17.3. The van der Waals surface area contributed by atoms with E-state index >= 15 is 0 Å². The number of carbonyl (C=O) groups is 1. The second kappa shape index (κ2) is 8.02. The van der Waals surface area contributed by atoms with Crippen molar-refractivity contribution in [2.45, 2.75) is 30.4 Å². The van der Waals surface area contributed by atoms with Crippen LogP contribution < -0.4 is 0 Å². The molecule has 32 heavy (non-hydrogen) atoms. The maximum Gasteiger partial charge on any atom is 0.255 e. The Labute approximate surface area is 188 Å². The van der Waals surface area contributed by atoms with Crippen LogP contribution in [0, 0.1) is 6.92 Å². The van der Waals surface area contributed by atoms with Crippen LogP contribution in [-0.4, -0.2) is 37.3 Å². The number of likely N-dealkylation sites (tertiary alicyclic amines) is 1. The van der Waals surface area contributed by atoms with Gasteiger partial charge in [0.05, 0.1) is 16.2 Å². The molecule has 2 aliphatic heterocycles. The van der Waals surface area contributed by atoms with Gasteiger partial charge in [-0.15, -0.1) is 0 Å². The summed E-state index contributed by atoms with van der Waals surface area (Å²) in [5.74, 6) is -0.00318. The van der Waals surface area contributed by atoms with Gasteiger partial charge >= 0.3 is 0 Å². The lowest BCUT2D eigenvalue weighted by Gasteiger charge is -2.30. The Morgan fingerprint density at radius 3 is 2.38 bits per heavy atom. The number of hydrogen-bond donors (Lipinski definition) is 0. The van der Waals surface area contributed by atoms with Crippen LogP contribution in [0.15, 0.2) is 77.5 Å². The first kappa shape index (κ1) is 20.6. The van der Waals surface area contributed by atoms with E-state index in [-0.39, 0.29) is 11.7 Å². The van der Waals surface area contributed by atoms with Crippen molar-refractivity contribution in [3.8, 4) is 0 Å². The molecule has 1 amide bonds. The average molecular weight is 445 g/mol. The minimum Gasteiger partial charge on any atom is -0.338 e. The Morgan fingerprint density at radius 1 is 0.938 bits per heavy atom. The van der Waals surface area contributed by atoms with Crippen molar-refractivity contribution in [3.05, 3.63) is 100 Å². The van der Waals surface area contributed by atoms with E-state index < -0.39 is 9.84 Å². The van der Waals surface area contributed by atoms with Crippen LogP contribution >= 0.6 is 0 Å². The smallest absolute Gasteiger partial charge is 0.255 e. The highest BCUT2D eigenvalue weighted by atomic mass is 32.2. The lowest BCUT2D eigenvalue weighted by atomic mass is 9.86. The molecule has 162 valence electrons. The molecule has 1 aromatic heterocycles. The second-order valence-electron chi connectivity index (χ2n) is 8.43. The number of fused-ring (bicyclic) bond motifs is 2. The zero-order valence-electron chi connectivity index (χ0n) is 17.9. The van der Waals surface area contributed by atoms with Crippen molar-refractivity contribution in [3.63, 3.8) is 0 Å². The third-order valence-electron chi connectivity index (χ3n) is 6.25. The van der Waals surface area contributed by atoms with Crippen molar-refractivity contribution in [1.29, 1.82) is 0 Å². The molecule has 0 saturated carbocycles. The Balaban J connectivity index is 1.55. The molecule has 6 heteroatoms. The molecule has 0 N–H and O–H groups in total. The molecule has 3 aromatic rings. The van der Waals surface area contributed by atoms with E-state index in [9.17, 15) is 13.2 Å². The molecule has 5 rings (SSSR count). The molecule has 2 aromatic carbocycles. The van der Waals surface area contributed by atoms with Crippen LogP contribution in [0.4, 0.5) is 0 Å². The van der Waals surface area contributed by atoms with Crippen LogP contribution in [0.3, 0.4) is 0 Å². The predicted molar refractivity (Wildman–Crippen MR) is 124 cm³/mol. The summed E-state index contributed by atoms with van der Waals surface area (Å²) >= 11 is 0. The fourth-order valence-electron chi connectivity index (χ4n) is 4.73. The van der Waals surface area contributed by atoms with Crippen LogP contribution in [0.5, 0.6) is 0 Å². The Hall–Kier alpha value is -3.25. The van der Waals surface area contributed by atoms with Crippen molar-refractivity contribution >= 4 is 21.3 Å². The first-order chi connectivity index (χ1) is 15.4. The summed E-state index contributed by atoms with van der Waals surface area (Å²) in [6.07, 6.45) is 4.78. The van der Waals surface area contributed by atoms with E-state index in [0.717, 1.165) is 27.8 Å². The number of piperidine rings is 1. The summed E-state index contributed by atoms with van der Waals surface area (Å²) in [7, 11) is -3.43. The quantitative estimate of drug-likeness (QED) is 0.557. The fourth-order valence-corrected chi connectivity index (χ4v) is 6.33. The summed E-state index contributed by atoms with van der Waals surface area (Å²) in [5, 5.41) is 0. The molecule has 0 bridgehead atoms. The molecular weight excluding hydrogens is 420 g/mol. The van der Waals surface area contributed by atoms with Crippen molar-refractivity contribution in [2.24, 2.45) is 0 Å². The van der Waals surface area contributed by atoms with Gasteiger partial charge in [-0.2, -0.15) is 0 Å². The monoisotopic (exact) mass is 444 g/mol. The Kier molecular flexibility index (Phi) is 5.18. The fraction of sp³-hybridized carbons (Fsp3) is 0.231. The molecule has 1 saturated heterocycles. The largest absolute Gasteiger partial charge is 0.338 e. The summed E-state index contributed by atoms with van der Waals surface area (Å²) in [4.78, 5) is 19.4. The van der Waals surface area contributed by atoms with Gasteiger partial charge in [-0.25, -0.2) is 8.42 Å². The number of aryl methyl sites for hydroxylation is 1. The highest BCUT2D eigenvalue weighted by molar-refractivity contribution is 7.90. The lowest BCUT2D eigenvalue weighted by molar-refractivity contribution is 0.0743. The highest BCUT2D eigenvalue weighted by Gasteiger charge is 2.31. The molecule has 1 fully saturated rings. The zero-order valence-corrected chi connectivity index (χ0v) is 18.7. The van der Waals surface area contributed by atoms with Gasteiger partial charge in [0.15, 0.2) is 9.84 Å². The SMILES string of the molecule is Cc1cncc(C(=O)N2CCC(=C3c4ccccc4CS(=O)(=O)c4ccccc43)CC2)c1. The molecular formula is C26H24N2O3S. The van der Waals surface area contributed by atoms with E-state index in [1.54, 1.807) is 24.5 Å². The first-order valence-corrected chi connectivity index (χ1v) is 12.4. The van der Waals surface area contributed by atoms with Gasteiger partial charge in [0, 0.05) is 31.0 Å². The predicted octanol–water partition coefficient (Wildman–Crippen LogP) is 4.42. The Bertz CT molecular complexity index is 1350. The van der Waals surface area contributed by atoms with E-state index in [1.807, 2.05) is 54.3 Å². The van der Waals surface area contributed by atoms with Crippen LogP contribution in [-0.2, 0) is 15.6 Å². The average Bonchev–Trinajstić information content (AvgIpc) is 2.90. The highest BCUT2D eigenvalue weighted by Crippen LogP contribution is 2.41. The number of nitrogens with zero attached hydrogens (tertiary/aromatic N) is 2.